The molecule has 0 aromatic heterocycles. The summed E-state index contributed by atoms with van der Waals surface area (Å²) in [5.41, 5.74) is 0. The van der Waals surface area contributed by atoms with Crippen LogP contribution in [0.3, 0.4) is 0 Å². The predicted octanol–water partition coefficient (Wildman–Crippen LogP) is 2.46. The zero-order chi connectivity index (χ0) is 14.1. The highest BCUT2D eigenvalue weighted by molar-refractivity contribution is 7.99. The summed E-state index contributed by atoms with van der Waals surface area (Å²) in [7, 11) is 0. The van der Waals surface area contributed by atoms with Gasteiger partial charge in [0, 0.05) is 24.4 Å². The average molecular weight is 288 g/mol. The number of hydrogen-bond donors (Lipinski definition) is 2. The molecule has 112 valence electrons. The number of amides is 2. The molecule has 0 saturated heterocycles. The van der Waals surface area contributed by atoms with Crippen LogP contribution in [0.2, 0.25) is 0 Å². The molecule has 19 heavy (non-hydrogen) atoms. The standard InChI is InChI=1S/C14H28N2O2S/c1-3-9-16(10-11-17)14(18)15-12-7-5-6-8-13(12)19-4-2/h12-13,17H,3-11H2,1-2H3,(H,15,18). The topological polar surface area (TPSA) is 52.6 Å². The molecule has 1 fully saturated rings. The Kier molecular flexibility index (Phi) is 8.30. The quantitative estimate of drug-likeness (QED) is 0.756. The van der Waals surface area contributed by atoms with Crippen LogP contribution in [0.1, 0.15) is 46.0 Å². The Hall–Kier alpha value is -0.420. The summed E-state index contributed by atoms with van der Waals surface area (Å²) in [4.78, 5) is 14.0. The van der Waals surface area contributed by atoms with Crippen LogP contribution in [-0.4, -0.2) is 52.8 Å². The largest absolute Gasteiger partial charge is 0.395 e. The number of aliphatic hydroxyl groups excluding tert-OH is 1. The maximum absolute atomic E-state index is 12.2. The molecule has 1 saturated carbocycles. The highest BCUT2D eigenvalue weighted by Crippen LogP contribution is 2.28. The fourth-order valence-electron chi connectivity index (χ4n) is 2.63. The van der Waals surface area contributed by atoms with Gasteiger partial charge >= 0.3 is 6.03 Å². The summed E-state index contributed by atoms with van der Waals surface area (Å²) in [5, 5.41) is 12.8. The second kappa shape index (κ2) is 9.48. The van der Waals surface area contributed by atoms with Crippen LogP contribution < -0.4 is 5.32 Å². The monoisotopic (exact) mass is 288 g/mol. The Balaban J connectivity index is 2.51. The Morgan fingerprint density at radius 3 is 2.68 bits per heavy atom. The van der Waals surface area contributed by atoms with Gasteiger partial charge in [0.2, 0.25) is 0 Å². The van der Waals surface area contributed by atoms with Crippen LogP contribution in [0.25, 0.3) is 0 Å². The summed E-state index contributed by atoms with van der Waals surface area (Å²) >= 11 is 1.96. The van der Waals surface area contributed by atoms with E-state index in [1.54, 1.807) is 4.90 Å². The number of hydrogen-bond acceptors (Lipinski definition) is 3. The summed E-state index contributed by atoms with van der Waals surface area (Å²) in [6.07, 6.45) is 5.70. The van der Waals surface area contributed by atoms with Crippen LogP contribution >= 0.6 is 11.8 Å². The summed E-state index contributed by atoms with van der Waals surface area (Å²) in [6, 6.07) is 0.286. The smallest absolute Gasteiger partial charge is 0.317 e. The number of carbonyl (C=O) groups is 1. The van der Waals surface area contributed by atoms with Crippen molar-refractivity contribution in [3.05, 3.63) is 0 Å². The third-order valence-corrected chi connectivity index (χ3v) is 4.87. The number of thioether (sulfide) groups is 1. The number of nitrogens with zero attached hydrogens (tertiary/aromatic N) is 1. The first-order valence-corrected chi connectivity index (χ1v) is 8.55. The van der Waals surface area contributed by atoms with E-state index < -0.39 is 0 Å². The van der Waals surface area contributed by atoms with Crippen molar-refractivity contribution in [2.24, 2.45) is 0 Å². The van der Waals surface area contributed by atoms with Crippen LogP contribution in [0, 0.1) is 0 Å². The minimum atomic E-state index is -0.00972. The molecule has 2 atom stereocenters. The SMILES string of the molecule is CCCN(CCO)C(=O)NC1CCCCC1SCC. The second-order valence-corrected chi connectivity index (χ2v) is 6.56. The fraction of sp³-hybridized carbons (Fsp3) is 0.929. The van der Waals surface area contributed by atoms with Gasteiger partial charge in [-0.15, -0.1) is 0 Å². The molecule has 0 spiro atoms. The molecule has 0 heterocycles. The highest BCUT2D eigenvalue weighted by atomic mass is 32.2. The molecule has 4 nitrogen and oxygen atoms in total. The highest BCUT2D eigenvalue weighted by Gasteiger charge is 2.27. The van der Waals surface area contributed by atoms with Gasteiger partial charge in [0.1, 0.15) is 0 Å². The molecule has 0 radical (unpaired) electrons. The van der Waals surface area contributed by atoms with Crippen LogP contribution in [-0.2, 0) is 0 Å². The molecule has 0 aromatic rings. The molecule has 0 aromatic carbocycles. The fourth-order valence-corrected chi connectivity index (χ4v) is 3.83. The van der Waals surface area contributed by atoms with Gasteiger partial charge in [-0.1, -0.05) is 26.7 Å². The molecule has 0 aliphatic heterocycles. The van der Waals surface area contributed by atoms with Gasteiger partial charge in [0.05, 0.1) is 6.61 Å². The molecule has 1 rings (SSSR count). The van der Waals surface area contributed by atoms with Crippen molar-refractivity contribution < 1.29 is 9.90 Å². The molecule has 2 amide bonds. The first-order chi connectivity index (χ1) is 9.22. The zero-order valence-corrected chi connectivity index (χ0v) is 13.0. The lowest BCUT2D eigenvalue weighted by Gasteiger charge is -2.33. The van der Waals surface area contributed by atoms with E-state index in [2.05, 4.69) is 12.2 Å². The summed E-state index contributed by atoms with van der Waals surface area (Å²) in [6.45, 7) is 5.40. The summed E-state index contributed by atoms with van der Waals surface area (Å²) < 4.78 is 0. The lowest BCUT2D eigenvalue weighted by molar-refractivity contribution is 0.171. The predicted molar refractivity (Wildman–Crippen MR) is 81.7 cm³/mol. The van der Waals surface area contributed by atoms with Crippen LogP contribution in [0.5, 0.6) is 0 Å². The average Bonchev–Trinajstić information content (AvgIpc) is 2.41. The normalized spacial score (nSPS) is 23.1. The molecule has 1 aliphatic rings. The molecule has 2 unspecified atom stereocenters. The van der Waals surface area contributed by atoms with Crippen LogP contribution in [0.15, 0.2) is 0 Å². The maximum atomic E-state index is 12.2. The van der Waals surface area contributed by atoms with Crippen molar-refractivity contribution in [2.75, 3.05) is 25.4 Å². The molecular weight excluding hydrogens is 260 g/mol. The molecular formula is C14H28N2O2S. The van der Waals surface area contributed by atoms with E-state index in [1.807, 2.05) is 18.7 Å². The minimum absolute atomic E-state index is 0.00972. The van der Waals surface area contributed by atoms with E-state index in [9.17, 15) is 4.79 Å². The molecule has 5 heteroatoms. The van der Waals surface area contributed by atoms with Gasteiger partial charge in [0.15, 0.2) is 0 Å². The van der Waals surface area contributed by atoms with E-state index in [4.69, 9.17) is 5.11 Å². The van der Waals surface area contributed by atoms with E-state index in [0.29, 0.717) is 24.4 Å². The lowest BCUT2D eigenvalue weighted by Crippen LogP contribution is -2.50. The van der Waals surface area contributed by atoms with Gasteiger partial charge in [-0.05, 0) is 25.0 Å². The second-order valence-electron chi connectivity index (χ2n) is 5.04. The van der Waals surface area contributed by atoms with Crippen molar-refractivity contribution >= 4 is 17.8 Å². The Morgan fingerprint density at radius 1 is 1.32 bits per heavy atom. The first-order valence-electron chi connectivity index (χ1n) is 7.50. The number of urea groups is 1. The number of rotatable bonds is 7. The minimum Gasteiger partial charge on any atom is -0.395 e. The van der Waals surface area contributed by atoms with Crippen molar-refractivity contribution in [3.8, 4) is 0 Å². The van der Waals surface area contributed by atoms with Crippen molar-refractivity contribution in [2.45, 2.75) is 57.2 Å². The lowest BCUT2D eigenvalue weighted by atomic mass is 9.95. The van der Waals surface area contributed by atoms with E-state index in [0.717, 1.165) is 18.6 Å². The van der Waals surface area contributed by atoms with Gasteiger partial charge in [-0.2, -0.15) is 11.8 Å². The Morgan fingerprint density at radius 2 is 2.05 bits per heavy atom. The summed E-state index contributed by atoms with van der Waals surface area (Å²) in [5.74, 6) is 1.10. The zero-order valence-electron chi connectivity index (χ0n) is 12.2. The van der Waals surface area contributed by atoms with E-state index in [-0.39, 0.29) is 12.6 Å². The Bertz CT molecular complexity index is 256. The number of aliphatic hydroxyl groups is 1. The number of carbonyl (C=O) groups excluding carboxylic acids is 1. The van der Waals surface area contributed by atoms with Gasteiger partial charge in [-0.25, -0.2) is 4.79 Å². The van der Waals surface area contributed by atoms with Crippen molar-refractivity contribution in [1.29, 1.82) is 0 Å². The van der Waals surface area contributed by atoms with Crippen molar-refractivity contribution in [3.63, 3.8) is 0 Å². The van der Waals surface area contributed by atoms with Crippen molar-refractivity contribution in [1.82, 2.24) is 10.2 Å². The van der Waals surface area contributed by atoms with E-state index in [1.165, 1.54) is 19.3 Å². The van der Waals surface area contributed by atoms with E-state index >= 15 is 0 Å². The number of nitrogens with one attached hydrogen (secondary N) is 1. The molecule has 0 bridgehead atoms. The van der Waals surface area contributed by atoms with Crippen LogP contribution in [0.4, 0.5) is 4.79 Å². The third kappa shape index (κ3) is 5.61. The molecule has 2 N–H and O–H groups in total. The van der Waals surface area contributed by atoms with Gasteiger partial charge in [0.25, 0.3) is 0 Å². The first kappa shape index (κ1) is 16.6. The third-order valence-electron chi connectivity index (χ3n) is 3.54. The molecule has 1 aliphatic carbocycles. The van der Waals surface area contributed by atoms with Gasteiger partial charge < -0.3 is 15.3 Å². The van der Waals surface area contributed by atoms with Gasteiger partial charge in [-0.3, -0.25) is 0 Å². The Labute approximate surface area is 121 Å². The maximum Gasteiger partial charge on any atom is 0.317 e.